The molecular formula is C25H27N3O6. The fraction of sp³-hybridized carbons (Fsp3) is 0.280. The highest BCUT2D eigenvalue weighted by atomic mass is 16.5. The number of hydrogen-bond acceptors (Lipinski definition) is 6. The Kier molecular flexibility index (Phi) is 7.68. The van der Waals surface area contributed by atoms with Crippen LogP contribution < -0.4 is 10.7 Å². The van der Waals surface area contributed by atoms with E-state index in [1.807, 2.05) is 6.07 Å². The summed E-state index contributed by atoms with van der Waals surface area (Å²) < 4.78 is 11.8. The number of carbonyl (C=O) groups excluding carboxylic acids is 4. The summed E-state index contributed by atoms with van der Waals surface area (Å²) in [5.74, 6) is -2.24. The summed E-state index contributed by atoms with van der Waals surface area (Å²) in [6, 6.07) is 12.4. The third-order valence-electron chi connectivity index (χ3n) is 5.28. The number of nitrogens with zero attached hydrogens (tertiary/aromatic N) is 1. The minimum absolute atomic E-state index is 0.0690. The molecule has 0 radical (unpaired) electrons. The average Bonchev–Trinajstić information content (AvgIpc) is 3.45. The van der Waals surface area contributed by atoms with Crippen molar-refractivity contribution in [2.75, 3.05) is 12.0 Å². The molecule has 0 unspecified atom stereocenters. The van der Waals surface area contributed by atoms with Gasteiger partial charge in [-0.2, -0.15) is 0 Å². The van der Waals surface area contributed by atoms with Crippen molar-refractivity contribution in [2.24, 2.45) is 5.92 Å². The van der Waals surface area contributed by atoms with E-state index in [2.05, 4.69) is 10.7 Å². The normalized spacial score (nSPS) is 11.7. The summed E-state index contributed by atoms with van der Waals surface area (Å²) in [6.07, 6.45) is 1.36. The zero-order chi connectivity index (χ0) is 24.8. The fourth-order valence-corrected chi connectivity index (χ4v) is 3.39. The number of hydrogen-bond donors (Lipinski definition) is 2. The largest absolute Gasteiger partial charge is 0.459 e. The number of benzene rings is 1. The van der Waals surface area contributed by atoms with Crippen LogP contribution in [-0.4, -0.2) is 40.9 Å². The van der Waals surface area contributed by atoms with Gasteiger partial charge in [0.05, 0.1) is 6.26 Å². The molecule has 34 heavy (non-hydrogen) atoms. The van der Waals surface area contributed by atoms with E-state index in [-0.39, 0.29) is 17.6 Å². The van der Waals surface area contributed by atoms with Crippen LogP contribution in [-0.2, 0) is 9.53 Å². The van der Waals surface area contributed by atoms with E-state index in [9.17, 15) is 19.2 Å². The number of esters is 1. The highest BCUT2D eigenvalue weighted by Gasteiger charge is 2.28. The van der Waals surface area contributed by atoms with Gasteiger partial charge in [-0.1, -0.05) is 32.0 Å². The number of aromatic nitrogens is 1. The molecule has 0 spiro atoms. The zero-order valence-electron chi connectivity index (χ0n) is 19.5. The van der Waals surface area contributed by atoms with Crippen LogP contribution in [0.4, 0.5) is 0 Å². The molecule has 0 saturated heterocycles. The van der Waals surface area contributed by atoms with Gasteiger partial charge < -0.3 is 14.5 Å². The lowest BCUT2D eigenvalue weighted by molar-refractivity contribution is -0.145. The van der Waals surface area contributed by atoms with Gasteiger partial charge in [0.25, 0.3) is 11.8 Å². The summed E-state index contributed by atoms with van der Waals surface area (Å²) >= 11 is 0. The second-order valence-electron chi connectivity index (χ2n) is 8.13. The standard InChI is InChI=1S/C25H27N3O6/c1-15(2)22(26-24(31)21-11-8-12-33-21)25(32)34-14-20(29)19-13-16(3)28(17(19)4)27-23(30)18-9-6-5-7-10-18/h5-13,15,22H,14H2,1-4H3,(H,26,31)(H,27,30)/t22-/m0/s1. The summed E-state index contributed by atoms with van der Waals surface area (Å²) in [5, 5.41) is 2.57. The van der Waals surface area contributed by atoms with Crippen LogP contribution in [0.25, 0.3) is 0 Å². The molecule has 178 valence electrons. The molecule has 2 aromatic heterocycles. The maximum atomic E-state index is 12.8. The lowest BCUT2D eigenvalue weighted by Gasteiger charge is -2.20. The lowest BCUT2D eigenvalue weighted by Crippen LogP contribution is -2.45. The number of nitrogens with one attached hydrogen (secondary N) is 2. The van der Waals surface area contributed by atoms with E-state index in [4.69, 9.17) is 9.15 Å². The average molecular weight is 466 g/mol. The van der Waals surface area contributed by atoms with E-state index in [0.717, 1.165) is 0 Å². The van der Waals surface area contributed by atoms with Crippen molar-refractivity contribution in [3.05, 3.63) is 83.1 Å². The monoisotopic (exact) mass is 465 g/mol. The van der Waals surface area contributed by atoms with Crippen LogP contribution in [0.2, 0.25) is 0 Å². The van der Waals surface area contributed by atoms with E-state index in [1.165, 1.54) is 17.0 Å². The molecule has 2 N–H and O–H groups in total. The molecular weight excluding hydrogens is 438 g/mol. The van der Waals surface area contributed by atoms with Crippen molar-refractivity contribution < 1.29 is 28.3 Å². The molecule has 9 heteroatoms. The first kappa shape index (κ1) is 24.5. The maximum Gasteiger partial charge on any atom is 0.329 e. The lowest BCUT2D eigenvalue weighted by atomic mass is 10.0. The molecule has 0 bridgehead atoms. The molecule has 3 rings (SSSR count). The number of amides is 2. The Hall–Kier alpha value is -4.14. The van der Waals surface area contributed by atoms with Crippen LogP contribution in [0, 0.1) is 19.8 Å². The first-order valence-corrected chi connectivity index (χ1v) is 10.8. The number of aryl methyl sites for hydroxylation is 1. The van der Waals surface area contributed by atoms with E-state index >= 15 is 0 Å². The van der Waals surface area contributed by atoms with Crippen molar-refractivity contribution in [3.63, 3.8) is 0 Å². The quantitative estimate of drug-likeness (QED) is 0.370. The van der Waals surface area contributed by atoms with Gasteiger partial charge in [0.2, 0.25) is 5.78 Å². The molecule has 0 saturated carbocycles. The van der Waals surface area contributed by atoms with Crippen molar-refractivity contribution in [1.29, 1.82) is 0 Å². The minimum Gasteiger partial charge on any atom is -0.459 e. The highest BCUT2D eigenvalue weighted by Crippen LogP contribution is 2.16. The van der Waals surface area contributed by atoms with E-state index < -0.39 is 30.3 Å². The van der Waals surface area contributed by atoms with Gasteiger partial charge in [0.15, 0.2) is 12.4 Å². The molecule has 1 aromatic carbocycles. The van der Waals surface area contributed by atoms with Gasteiger partial charge >= 0.3 is 5.97 Å². The molecule has 2 heterocycles. The molecule has 9 nitrogen and oxygen atoms in total. The molecule has 0 aliphatic carbocycles. The molecule has 1 atom stereocenters. The van der Waals surface area contributed by atoms with Gasteiger partial charge in [0.1, 0.15) is 6.04 Å². The van der Waals surface area contributed by atoms with E-state index in [0.29, 0.717) is 22.5 Å². The Balaban J connectivity index is 1.64. The molecule has 3 aromatic rings. The van der Waals surface area contributed by atoms with E-state index in [1.54, 1.807) is 64.1 Å². The number of ketones is 1. The predicted molar refractivity (Wildman–Crippen MR) is 124 cm³/mol. The molecule has 2 amide bonds. The van der Waals surface area contributed by atoms with Gasteiger partial charge in [0, 0.05) is 22.5 Å². The van der Waals surface area contributed by atoms with Gasteiger partial charge in [-0.25, -0.2) is 4.79 Å². The second kappa shape index (κ2) is 10.7. The van der Waals surface area contributed by atoms with Crippen LogP contribution >= 0.6 is 0 Å². The Morgan fingerprint density at radius 3 is 2.32 bits per heavy atom. The summed E-state index contributed by atoms with van der Waals surface area (Å²) in [7, 11) is 0. The maximum absolute atomic E-state index is 12.8. The topological polar surface area (TPSA) is 120 Å². The number of rotatable bonds is 9. The molecule has 0 fully saturated rings. The highest BCUT2D eigenvalue weighted by molar-refractivity contribution is 6.02. The van der Waals surface area contributed by atoms with Gasteiger partial charge in [-0.15, -0.1) is 0 Å². The smallest absolute Gasteiger partial charge is 0.329 e. The van der Waals surface area contributed by atoms with Gasteiger partial charge in [-0.05, 0) is 50.1 Å². The van der Waals surface area contributed by atoms with Crippen LogP contribution in [0.15, 0.2) is 59.2 Å². The van der Waals surface area contributed by atoms with Crippen LogP contribution in [0.3, 0.4) is 0 Å². The Bertz CT molecular complexity index is 1180. The first-order valence-electron chi connectivity index (χ1n) is 10.8. The Morgan fingerprint density at radius 1 is 1.00 bits per heavy atom. The predicted octanol–water partition coefficient (Wildman–Crippen LogP) is 3.26. The summed E-state index contributed by atoms with van der Waals surface area (Å²) in [4.78, 5) is 50.1. The minimum atomic E-state index is -0.956. The summed E-state index contributed by atoms with van der Waals surface area (Å²) in [6.45, 7) is 6.43. The van der Waals surface area contributed by atoms with Crippen molar-refractivity contribution in [2.45, 2.75) is 33.7 Å². The number of ether oxygens (including phenoxy) is 1. The van der Waals surface area contributed by atoms with Crippen LogP contribution in [0.1, 0.15) is 56.5 Å². The van der Waals surface area contributed by atoms with Gasteiger partial charge in [-0.3, -0.25) is 24.5 Å². The number of furan rings is 1. The first-order chi connectivity index (χ1) is 16.2. The van der Waals surface area contributed by atoms with Crippen molar-refractivity contribution >= 4 is 23.6 Å². The molecule has 0 aliphatic heterocycles. The summed E-state index contributed by atoms with van der Waals surface area (Å²) in [5.41, 5.74) is 4.71. The SMILES string of the molecule is Cc1cc(C(=O)COC(=O)[C@@H](NC(=O)c2ccco2)C(C)C)c(C)n1NC(=O)c1ccccc1. The number of carbonyl (C=O) groups is 4. The number of Topliss-reactive ketones (excluding diaryl/α,β-unsaturated/α-hetero) is 1. The third kappa shape index (κ3) is 5.61. The van der Waals surface area contributed by atoms with Crippen molar-refractivity contribution in [3.8, 4) is 0 Å². The van der Waals surface area contributed by atoms with Crippen LogP contribution in [0.5, 0.6) is 0 Å². The third-order valence-corrected chi connectivity index (χ3v) is 5.28. The second-order valence-corrected chi connectivity index (χ2v) is 8.13. The Labute approximate surface area is 197 Å². The fourth-order valence-electron chi connectivity index (χ4n) is 3.39. The zero-order valence-corrected chi connectivity index (χ0v) is 19.5. The van der Waals surface area contributed by atoms with Crippen molar-refractivity contribution in [1.82, 2.24) is 9.99 Å². The molecule has 0 aliphatic rings. The Morgan fingerprint density at radius 2 is 1.71 bits per heavy atom.